The molecule has 1 aliphatic heterocycles. The molecule has 0 N–H and O–H groups in total. The van der Waals surface area contributed by atoms with Gasteiger partial charge >= 0.3 is 0 Å². The monoisotopic (exact) mass is 1090 g/mol. The van der Waals surface area contributed by atoms with Crippen molar-refractivity contribution in [2.24, 2.45) is 0 Å². The number of para-hydroxylation sites is 4. The molecule has 2 heteroatoms. The highest BCUT2D eigenvalue weighted by Gasteiger charge is 2.51. The first-order chi connectivity index (χ1) is 42.7. The molecule has 1 unspecified atom stereocenters. The van der Waals surface area contributed by atoms with E-state index < -0.39 is 10.8 Å². The van der Waals surface area contributed by atoms with Crippen LogP contribution in [0.5, 0.6) is 0 Å². The fourth-order valence-electron chi connectivity index (χ4n) is 15.9. The van der Waals surface area contributed by atoms with Crippen molar-refractivity contribution >= 4 is 49.6 Å². The van der Waals surface area contributed by atoms with Crippen molar-refractivity contribution in [1.82, 2.24) is 4.57 Å². The third-order valence-electron chi connectivity index (χ3n) is 19.3. The largest absolute Gasteiger partial charge is 0.309 e. The zero-order valence-electron chi connectivity index (χ0n) is 47.1. The number of aromatic nitrogens is 1. The first-order valence-corrected chi connectivity index (χ1v) is 30.0. The molecule has 0 radical (unpaired) electrons. The first-order valence-electron chi connectivity index (χ1n) is 30.0. The maximum absolute atomic E-state index is 2.56. The summed E-state index contributed by atoms with van der Waals surface area (Å²) in [5, 5.41) is 4.90. The van der Waals surface area contributed by atoms with E-state index in [9.17, 15) is 0 Å². The Labute approximate surface area is 500 Å². The minimum atomic E-state index is -0.590. The molecule has 0 fully saturated rings. The van der Waals surface area contributed by atoms with E-state index in [0.29, 0.717) is 0 Å². The quantitative estimate of drug-likeness (QED) is 0.147. The van der Waals surface area contributed by atoms with Crippen molar-refractivity contribution in [3.63, 3.8) is 0 Å². The summed E-state index contributed by atoms with van der Waals surface area (Å²) < 4.78 is 2.53. The van der Waals surface area contributed by atoms with E-state index in [0.717, 1.165) is 28.0 Å². The highest BCUT2D eigenvalue weighted by atomic mass is 15.1. The molecule has 3 aliphatic rings. The maximum Gasteiger partial charge on any atom is 0.0754 e. The van der Waals surface area contributed by atoms with Gasteiger partial charge in [-0.2, -0.15) is 0 Å². The van der Waals surface area contributed by atoms with Crippen LogP contribution < -0.4 is 4.90 Å². The van der Waals surface area contributed by atoms with E-state index in [1.807, 2.05) is 0 Å². The van der Waals surface area contributed by atoms with E-state index in [4.69, 9.17) is 0 Å². The molecule has 400 valence electrons. The molecule has 15 aromatic rings. The minimum Gasteiger partial charge on any atom is -0.309 e. The van der Waals surface area contributed by atoms with Crippen LogP contribution in [0.15, 0.2) is 328 Å². The van der Waals surface area contributed by atoms with Gasteiger partial charge in [0.15, 0.2) is 0 Å². The molecule has 2 heterocycles. The maximum atomic E-state index is 2.56. The topological polar surface area (TPSA) is 8.17 Å². The summed E-state index contributed by atoms with van der Waals surface area (Å²) in [6.45, 7) is 0. The highest BCUT2D eigenvalue weighted by molar-refractivity contribution is 6.13. The average Bonchev–Trinajstić information content (AvgIpc) is 1.61. The molecule has 86 heavy (non-hydrogen) atoms. The second-order valence-corrected chi connectivity index (χ2v) is 23.3. The molecular weight excluding hydrogens is 1040 g/mol. The Kier molecular flexibility index (Phi) is 10.6. The third-order valence-corrected chi connectivity index (χ3v) is 19.3. The Balaban J connectivity index is 0.886. The van der Waals surface area contributed by atoms with Gasteiger partial charge in [-0.3, -0.25) is 0 Å². The zero-order valence-corrected chi connectivity index (χ0v) is 47.1. The van der Waals surface area contributed by atoms with Gasteiger partial charge in [-0.15, -0.1) is 0 Å². The lowest BCUT2D eigenvalue weighted by Crippen LogP contribution is -2.33. The molecule has 0 amide bonds. The lowest BCUT2D eigenvalue weighted by molar-refractivity contribution is 0.749. The normalized spacial score (nSPS) is 14.7. The van der Waals surface area contributed by atoms with Crippen LogP contribution in [-0.2, 0) is 10.8 Å². The highest BCUT2D eigenvalue weighted by Crippen LogP contribution is 2.63. The van der Waals surface area contributed by atoms with Gasteiger partial charge < -0.3 is 9.47 Å². The van der Waals surface area contributed by atoms with Gasteiger partial charge in [0, 0.05) is 27.4 Å². The number of rotatable bonds is 8. The molecule has 2 aliphatic carbocycles. The number of anilines is 3. The van der Waals surface area contributed by atoms with Crippen molar-refractivity contribution in [3.8, 4) is 61.3 Å². The number of fused-ring (bicyclic) bond motifs is 16. The molecule has 0 bridgehead atoms. The second kappa shape index (κ2) is 18.7. The smallest absolute Gasteiger partial charge is 0.0754 e. The van der Waals surface area contributed by atoms with E-state index in [2.05, 4.69) is 337 Å². The molecule has 1 spiro atoms. The van der Waals surface area contributed by atoms with Gasteiger partial charge in [0.25, 0.3) is 0 Å². The Bertz CT molecular complexity index is 5210. The van der Waals surface area contributed by atoms with Crippen LogP contribution >= 0.6 is 0 Å². The number of nitrogens with zero attached hydrogens (tertiary/aromatic N) is 2. The van der Waals surface area contributed by atoms with E-state index in [-0.39, 0.29) is 0 Å². The predicted molar refractivity (Wildman–Crippen MR) is 357 cm³/mol. The van der Waals surface area contributed by atoms with Gasteiger partial charge in [-0.25, -0.2) is 0 Å². The molecule has 1 atom stereocenters. The van der Waals surface area contributed by atoms with Crippen LogP contribution in [-0.4, -0.2) is 4.57 Å². The Morgan fingerprint density at radius 3 is 1.48 bits per heavy atom. The molecule has 1 aromatic heterocycles. The SMILES string of the molecule is c1ccc(-c2ccccc2-c2ccccc2N(c2ccc3c(c2)C(c2ccccc2)(c2ccccc2)c2ccccc2-3)c2ccc(-c3ccc4c(c3)C3(c5ccccc5-4)c4ccccc4-n4c5ccccc5c5cccc3c54)c3ccccc23)cc1. The Morgan fingerprint density at radius 1 is 0.244 bits per heavy atom. The van der Waals surface area contributed by atoms with Gasteiger partial charge in [0.1, 0.15) is 0 Å². The summed E-state index contributed by atoms with van der Waals surface area (Å²) in [5.41, 5.74) is 28.3. The van der Waals surface area contributed by atoms with E-state index in [1.165, 1.54) is 127 Å². The molecule has 0 saturated heterocycles. The van der Waals surface area contributed by atoms with Crippen LogP contribution in [0.1, 0.15) is 44.5 Å². The van der Waals surface area contributed by atoms with Crippen LogP contribution in [0.2, 0.25) is 0 Å². The lowest BCUT2D eigenvalue weighted by atomic mass is 9.65. The van der Waals surface area contributed by atoms with Crippen LogP contribution in [0, 0.1) is 0 Å². The zero-order chi connectivity index (χ0) is 56.5. The Morgan fingerprint density at radius 2 is 0.744 bits per heavy atom. The lowest BCUT2D eigenvalue weighted by Gasteiger charge is -2.39. The van der Waals surface area contributed by atoms with Crippen molar-refractivity contribution in [3.05, 3.63) is 372 Å². The number of benzene rings is 14. The summed E-state index contributed by atoms with van der Waals surface area (Å²) in [5.74, 6) is 0. The third kappa shape index (κ3) is 6.61. The standard InChI is InChI=1S/C84H54N2/c1-4-25-55(26-5-1)60-31-10-11-32-62(60)68-37-16-21-44-78(68)85(59-48-50-67-64-34-14-18-40-72(64)83(77(67)54-59,57-27-6-2-7-28-57)58-29-8-3-9-30-58)80-52-51-61(63-33-12-13-36-69(63)80)56-47-49-66-65-35-15-19-41-73(65)84(76(66)53-56)74-42-20-23-46-81(74)86-79-45-22-17-38-70(79)71-39-24-43-75(84)82(71)86/h1-54H. The predicted octanol–water partition coefficient (Wildman–Crippen LogP) is 21.4. The average molecular weight is 1090 g/mol. The van der Waals surface area contributed by atoms with Crippen molar-refractivity contribution in [2.45, 2.75) is 10.8 Å². The van der Waals surface area contributed by atoms with Crippen molar-refractivity contribution < 1.29 is 0 Å². The molecular formula is C84H54N2. The van der Waals surface area contributed by atoms with Crippen LogP contribution in [0.25, 0.3) is 93.9 Å². The minimum absolute atomic E-state index is 0.573. The first kappa shape index (κ1) is 48.5. The fraction of sp³-hybridized carbons (Fsp3) is 0.0238. The van der Waals surface area contributed by atoms with E-state index >= 15 is 0 Å². The number of hydrogen-bond donors (Lipinski definition) is 0. The summed E-state index contributed by atoms with van der Waals surface area (Å²) in [7, 11) is 0. The fourth-order valence-corrected chi connectivity index (χ4v) is 15.9. The summed E-state index contributed by atoms with van der Waals surface area (Å²) in [4.78, 5) is 2.56. The van der Waals surface area contributed by atoms with Crippen molar-refractivity contribution in [1.29, 1.82) is 0 Å². The van der Waals surface area contributed by atoms with E-state index in [1.54, 1.807) is 0 Å². The van der Waals surface area contributed by atoms with Crippen molar-refractivity contribution in [2.75, 3.05) is 4.90 Å². The number of hydrogen-bond acceptors (Lipinski definition) is 1. The Hall–Kier alpha value is -11.1. The molecule has 18 rings (SSSR count). The molecule has 2 nitrogen and oxygen atoms in total. The second-order valence-electron chi connectivity index (χ2n) is 23.3. The van der Waals surface area contributed by atoms with Gasteiger partial charge in [-0.05, 0) is 142 Å². The van der Waals surface area contributed by atoms with Gasteiger partial charge in [-0.1, -0.05) is 285 Å². The molecule has 0 saturated carbocycles. The summed E-state index contributed by atoms with van der Waals surface area (Å²) in [6.07, 6.45) is 0. The van der Waals surface area contributed by atoms with Gasteiger partial charge in [0.05, 0.1) is 38.9 Å². The van der Waals surface area contributed by atoms with Gasteiger partial charge in [0.2, 0.25) is 0 Å². The van der Waals surface area contributed by atoms with Crippen LogP contribution in [0.3, 0.4) is 0 Å². The van der Waals surface area contributed by atoms with Crippen LogP contribution in [0.4, 0.5) is 17.1 Å². The molecule has 14 aromatic carbocycles. The summed E-state index contributed by atoms with van der Waals surface area (Å²) >= 11 is 0. The summed E-state index contributed by atoms with van der Waals surface area (Å²) in [6, 6.07) is 123.